The minimum atomic E-state index is 0.221. The smallest absolute Gasteiger partial charge is 0.0946 e. The Hall–Kier alpha value is -0.640. The molecule has 0 amide bonds. The minimum Gasteiger partial charge on any atom is -0.375 e. The molecule has 0 saturated carbocycles. The molecule has 2 unspecified atom stereocenters. The molecule has 1 aliphatic carbocycles. The Kier molecular flexibility index (Phi) is 3.57. The molecule has 1 fully saturated rings. The summed E-state index contributed by atoms with van der Waals surface area (Å²) in [5.74, 6) is 0. The van der Waals surface area contributed by atoms with E-state index >= 15 is 0 Å². The van der Waals surface area contributed by atoms with Crippen LogP contribution in [0.25, 0.3) is 0 Å². The van der Waals surface area contributed by atoms with E-state index in [9.17, 15) is 0 Å². The van der Waals surface area contributed by atoms with Crippen LogP contribution in [0.4, 0.5) is 0 Å². The maximum absolute atomic E-state index is 5.49. The summed E-state index contributed by atoms with van der Waals surface area (Å²) in [7, 11) is 3.97. The van der Waals surface area contributed by atoms with E-state index in [1.807, 2.05) is 0 Å². The topological polar surface area (TPSA) is 15.7 Å². The number of allylic oxidation sites excluding steroid dienone is 2. The summed E-state index contributed by atoms with van der Waals surface area (Å²) in [4.78, 5) is 4.88. The van der Waals surface area contributed by atoms with E-state index in [0.717, 1.165) is 26.2 Å². The molecule has 1 aliphatic heterocycles. The Bertz CT molecular complexity index is 254. The molecule has 3 nitrogen and oxygen atoms in total. The van der Waals surface area contributed by atoms with Crippen LogP contribution in [0.15, 0.2) is 24.3 Å². The van der Waals surface area contributed by atoms with Gasteiger partial charge in [-0.15, -0.1) is 0 Å². The summed E-state index contributed by atoms with van der Waals surface area (Å²) in [5, 5.41) is 0. The van der Waals surface area contributed by atoms with Crippen LogP contribution in [0.3, 0.4) is 0 Å². The summed E-state index contributed by atoms with van der Waals surface area (Å²) < 4.78 is 5.49. The lowest BCUT2D eigenvalue weighted by molar-refractivity contribution is 0.0401. The number of piperazine rings is 1. The van der Waals surface area contributed by atoms with Gasteiger partial charge in [0.1, 0.15) is 0 Å². The highest BCUT2D eigenvalue weighted by Crippen LogP contribution is 2.16. The third kappa shape index (κ3) is 2.48. The Labute approximate surface area is 92.0 Å². The van der Waals surface area contributed by atoms with Crippen molar-refractivity contribution in [2.24, 2.45) is 0 Å². The first-order chi connectivity index (χ1) is 7.31. The van der Waals surface area contributed by atoms with Gasteiger partial charge in [0, 0.05) is 33.3 Å². The molecular weight excluding hydrogens is 188 g/mol. The zero-order chi connectivity index (χ0) is 10.7. The van der Waals surface area contributed by atoms with Crippen molar-refractivity contribution in [2.75, 3.05) is 40.3 Å². The lowest BCUT2D eigenvalue weighted by Gasteiger charge is -2.39. The van der Waals surface area contributed by atoms with Gasteiger partial charge in [-0.25, -0.2) is 0 Å². The molecule has 84 valence electrons. The van der Waals surface area contributed by atoms with Gasteiger partial charge in [0.05, 0.1) is 12.1 Å². The number of methoxy groups -OCH3 is 1. The molecule has 0 N–H and O–H groups in total. The van der Waals surface area contributed by atoms with E-state index in [1.165, 1.54) is 0 Å². The predicted molar refractivity (Wildman–Crippen MR) is 61.9 cm³/mol. The largest absolute Gasteiger partial charge is 0.375 e. The van der Waals surface area contributed by atoms with E-state index in [2.05, 4.69) is 41.2 Å². The first-order valence-electron chi connectivity index (χ1n) is 5.61. The third-order valence-corrected chi connectivity index (χ3v) is 3.29. The van der Waals surface area contributed by atoms with Gasteiger partial charge in [-0.05, 0) is 7.05 Å². The maximum Gasteiger partial charge on any atom is 0.0946 e. The van der Waals surface area contributed by atoms with Crippen LogP contribution < -0.4 is 0 Å². The minimum absolute atomic E-state index is 0.221. The van der Waals surface area contributed by atoms with Gasteiger partial charge < -0.3 is 9.64 Å². The SMILES string of the molecule is COC1C=CC=CC1N1CCN(C)CC1. The molecule has 0 bridgehead atoms. The zero-order valence-corrected chi connectivity index (χ0v) is 9.60. The number of hydrogen-bond donors (Lipinski definition) is 0. The first kappa shape index (κ1) is 10.9. The Morgan fingerprint density at radius 1 is 1.07 bits per heavy atom. The fraction of sp³-hybridized carbons (Fsp3) is 0.667. The molecule has 1 heterocycles. The number of nitrogens with zero attached hydrogens (tertiary/aromatic N) is 2. The average Bonchev–Trinajstić information content (AvgIpc) is 2.30. The normalized spacial score (nSPS) is 33.5. The number of ether oxygens (including phenoxy) is 1. The molecule has 1 saturated heterocycles. The van der Waals surface area contributed by atoms with Crippen LogP contribution >= 0.6 is 0 Å². The number of likely N-dealkylation sites (N-methyl/N-ethyl adjacent to an activating group) is 1. The van der Waals surface area contributed by atoms with Crippen molar-refractivity contribution in [2.45, 2.75) is 12.1 Å². The van der Waals surface area contributed by atoms with Crippen molar-refractivity contribution in [3.63, 3.8) is 0 Å². The van der Waals surface area contributed by atoms with E-state index in [0.29, 0.717) is 6.04 Å². The van der Waals surface area contributed by atoms with Crippen LogP contribution in [0.1, 0.15) is 0 Å². The Balaban J connectivity index is 1.97. The van der Waals surface area contributed by atoms with E-state index in [-0.39, 0.29) is 6.10 Å². The van der Waals surface area contributed by atoms with Gasteiger partial charge in [-0.1, -0.05) is 24.3 Å². The second-order valence-corrected chi connectivity index (χ2v) is 4.30. The van der Waals surface area contributed by atoms with Gasteiger partial charge >= 0.3 is 0 Å². The molecular formula is C12H20N2O. The van der Waals surface area contributed by atoms with E-state index < -0.39 is 0 Å². The van der Waals surface area contributed by atoms with Gasteiger partial charge in [0.15, 0.2) is 0 Å². The second-order valence-electron chi connectivity index (χ2n) is 4.30. The predicted octanol–water partition coefficient (Wildman–Crippen LogP) is 0.743. The van der Waals surface area contributed by atoms with Crippen molar-refractivity contribution in [1.29, 1.82) is 0 Å². The molecule has 0 spiro atoms. The fourth-order valence-corrected chi connectivity index (χ4v) is 2.24. The van der Waals surface area contributed by atoms with E-state index in [1.54, 1.807) is 7.11 Å². The van der Waals surface area contributed by atoms with Crippen LogP contribution in [0.2, 0.25) is 0 Å². The number of hydrogen-bond acceptors (Lipinski definition) is 3. The molecule has 2 atom stereocenters. The van der Waals surface area contributed by atoms with Crippen molar-refractivity contribution in [3.8, 4) is 0 Å². The molecule has 2 rings (SSSR count). The quantitative estimate of drug-likeness (QED) is 0.666. The van der Waals surface area contributed by atoms with Crippen LogP contribution in [-0.2, 0) is 4.74 Å². The lowest BCUT2D eigenvalue weighted by Crippen LogP contribution is -2.52. The summed E-state index contributed by atoms with van der Waals surface area (Å²) in [5.41, 5.74) is 0. The van der Waals surface area contributed by atoms with E-state index in [4.69, 9.17) is 4.74 Å². The molecule has 0 aromatic carbocycles. The van der Waals surface area contributed by atoms with Gasteiger partial charge in [0.25, 0.3) is 0 Å². The third-order valence-electron chi connectivity index (χ3n) is 3.29. The van der Waals surface area contributed by atoms with Crippen LogP contribution in [0, 0.1) is 0 Å². The zero-order valence-electron chi connectivity index (χ0n) is 9.60. The van der Waals surface area contributed by atoms with Gasteiger partial charge in [0.2, 0.25) is 0 Å². The van der Waals surface area contributed by atoms with Crippen LogP contribution in [-0.4, -0.2) is 62.3 Å². The maximum atomic E-state index is 5.49. The molecule has 0 aromatic rings. The second kappa shape index (κ2) is 4.92. The van der Waals surface area contributed by atoms with Crippen molar-refractivity contribution >= 4 is 0 Å². The highest BCUT2D eigenvalue weighted by atomic mass is 16.5. The van der Waals surface area contributed by atoms with Gasteiger partial charge in [-0.2, -0.15) is 0 Å². The molecule has 15 heavy (non-hydrogen) atoms. The average molecular weight is 208 g/mol. The highest BCUT2D eigenvalue weighted by Gasteiger charge is 2.26. The highest BCUT2D eigenvalue weighted by molar-refractivity contribution is 5.19. The molecule has 2 aliphatic rings. The summed E-state index contributed by atoms with van der Waals surface area (Å²) >= 11 is 0. The molecule has 0 radical (unpaired) electrons. The van der Waals surface area contributed by atoms with Crippen molar-refractivity contribution < 1.29 is 4.74 Å². The molecule has 3 heteroatoms. The van der Waals surface area contributed by atoms with Crippen molar-refractivity contribution in [1.82, 2.24) is 9.80 Å². The summed E-state index contributed by atoms with van der Waals surface area (Å²) in [6.07, 6.45) is 8.81. The molecule has 0 aromatic heterocycles. The first-order valence-corrected chi connectivity index (χ1v) is 5.61. The summed E-state index contributed by atoms with van der Waals surface area (Å²) in [6, 6.07) is 0.425. The lowest BCUT2D eigenvalue weighted by atomic mass is 10.0. The summed E-state index contributed by atoms with van der Waals surface area (Å²) in [6.45, 7) is 4.59. The van der Waals surface area contributed by atoms with Gasteiger partial charge in [-0.3, -0.25) is 4.90 Å². The standard InChI is InChI=1S/C12H20N2O/c1-13-7-9-14(10-8-13)11-5-3-4-6-12(11)15-2/h3-6,11-12H,7-10H2,1-2H3. The Morgan fingerprint density at radius 2 is 1.73 bits per heavy atom. The Morgan fingerprint density at radius 3 is 2.40 bits per heavy atom. The monoisotopic (exact) mass is 208 g/mol. The number of rotatable bonds is 2. The van der Waals surface area contributed by atoms with Crippen molar-refractivity contribution in [3.05, 3.63) is 24.3 Å². The van der Waals surface area contributed by atoms with Crippen LogP contribution in [0.5, 0.6) is 0 Å². The fourth-order valence-electron chi connectivity index (χ4n) is 2.24.